The van der Waals surface area contributed by atoms with Crippen LogP contribution in [0.4, 0.5) is 9.59 Å². The molecule has 0 fully saturated rings. The van der Waals surface area contributed by atoms with Gasteiger partial charge in [0.1, 0.15) is 0 Å². The van der Waals surface area contributed by atoms with Crippen molar-refractivity contribution in [2.45, 2.75) is 0 Å². The van der Waals surface area contributed by atoms with Crippen LogP contribution >= 0.6 is 11.6 Å². The summed E-state index contributed by atoms with van der Waals surface area (Å²) in [7, 11) is 2.93. The fraction of sp³-hybridized carbons (Fsp3) is 0.667. The molecular formula is C6H11ClN2O3. The second kappa shape index (κ2) is 4.82. The van der Waals surface area contributed by atoms with Crippen LogP contribution in [0.15, 0.2) is 0 Å². The molecule has 0 aromatic heterocycles. The SMILES string of the molecule is CN(CCN(C)C(=O)Cl)C(=O)O. The number of rotatable bonds is 3. The Morgan fingerprint density at radius 2 is 1.67 bits per heavy atom. The van der Waals surface area contributed by atoms with Crippen LogP contribution in [0.1, 0.15) is 0 Å². The van der Waals surface area contributed by atoms with Crippen LogP contribution in [0, 0.1) is 0 Å². The maximum absolute atomic E-state index is 10.5. The Morgan fingerprint density at radius 3 is 2.00 bits per heavy atom. The third kappa shape index (κ3) is 4.02. The Balaban J connectivity index is 3.68. The van der Waals surface area contributed by atoms with Gasteiger partial charge in [-0.1, -0.05) is 0 Å². The lowest BCUT2D eigenvalue weighted by molar-refractivity contribution is 0.152. The van der Waals surface area contributed by atoms with Crippen LogP contribution in [0.3, 0.4) is 0 Å². The number of hydrogen-bond acceptors (Lipinski definition) is 2. The molecule has 0 bridgehead atoms. The van der Waals surface area contributed by atoms with E-state index >= 15 is 0 Å². The Labute approximate surface area is 75.5 Å². The highest BCUT2D eigenvalue weighted by molar-refractivity contribution is 6.62. The van der Waals surface area contributed by atoms with Gasteiger partial charge in [0, 0.05) is 27.2 Å². The summed E-state index contributed by atoms with van der Waals surface area (Å²) in [6, 6.07) is 0. The molecule has 70 valence electrons. The van der Waals surface area contributed by atoms with Gasteiger partial charge in [0.05, 0.1) is 0 Å². The van der Waals surface area contributed by atoms with Gasteiger partial charge in [0.25, 0.3) is 0 Å². The van der Waals surface area contributed by atoms with Crippen LogP contribution in [-0.2, 0) is 0 Å². The first-order chi connectivity index (χ1) is 5.45. The van der Waals surface area contributed by atoms with Crippen LogP contribution in [-0.4, -0.2) is 53.6 Å². The lowest BCUT2D eigenvalue weighted by atomic mass is 10.5. The van der Waals surface area contributed by atoms with Crippen molar-refractivity contribution in [1.82, 2.24) is 9.80 Å². The summed E-state index contributed by atoms with van der Waals surface area (Å²) in [6.07, 6.45) is -1.02. The van der Waals surface area contributed by atoms with Gasteiger partial charge in [-0.3, -0.25) is 4.79 Å². The Hall–Kier alpha value is -0.970. The minimum Gasteiger partial charge on any atom is -0.465 e. The van der Waals surface area contributed by atoms with E-state index in [-0.39, 0.29) is 6.54 Å². The molecule has 0 spiro atoms. The van der Waals surface area contributed by atoms with Crippen molar-refractivity contribution in [3.63, 3.8) is 0 Å². The van der Waals surface area contributed by atoms with Crippen molar-refractivity contribution in [2.24, 2.45) is 0 Å². The van der Waals surface area contributed by atoms with E-state index in [0.29, 0.717) is 6.54 Å². The molecule has 0 radical (unpaired) electrons. The highest BCUT2D eigenvalue weighted by Crippen LogP contribution is 1.92. The number of likely N-dealkylation sites (N-methyl/N-ethyl adjacent to an activating group) is 2. The molecule has 0 rings (SSSR count). The molecule has 0 unspecified atom stereocenters. The highest BCUT2D eigenvalue weighted by atomic mass is 35.5. The molecule has 0 atom stereocenters. The van der Waals surface area contributed by atoms with Crippen molar-refractivity contribution in [3.8, 4) is 0 Å². The second-order valence-corrected chi connectivity index (χ2v) is 2.70. The zero-order valence-electron chi connectivity index (χ0n) is 6.95. The Kier molecular flexibility index (Phi) is 4.43. The number of carbonyl (C=O) groups is 2. The van der Waals surface area contributed by atoms with Crippen molar-refractivity contribution in [2.75, 3.05) is 27.2 Å². The van der Waals surface area contributed by atoms with Crippen molar-refractivity contribution < 1.29 is 14.7 Å². The minimum atomic E-state index is -1.02. The normalized spacial score (nSPS) is 9.25. The van der Waals surface area contributed by atoms with Gasteiger partial charge in [-0.15, -0.1) is 0 Å². The molecule has 0 saturated heterocycles. The lowest BCUT2D eigenvalue weighted by Crippen LogP contribution is -2.34. The molecule has 0 aliphatic heterocycles. The number of nitrogens with zero attached hydrogens (tertiary/aromatic N) is 2. The number of carboxylic acid groups (broad SMARTS) is 1. The monoisotopic (exact) mass is 194 g/mol. The van der Waals surface area contributed by atoms with E-state index in [2.05, 4.69) is 0 Å². The van der Waals surface area contributed by atoms with Crippen LogP contribution < -0.4 is 0 Å². The smallest absolute Gasteiger partial charge is 0.407 e. The summed E-state index contributed by atoms with van der Waals surface area (Å²) in [4.78, 5) is 23.0. The van der Waals surface area contributed by atoms with E-state index in [1.54, 1.807) is 0 Å². The maximum atomic E-state index is 10.5. The molecule has 0 aliphatic rings. The molecule has 0 saturated carbocycles. The van der Waals surface area contributed by atoms with Crippen LogP contribution in [0.5, 0.6) is 0 Å². The predicted molar refractivity (Wildman–Crippen MR) is 44.5 cm³/mol. The number of amides is 2. The number of halogens is 1. The standard InChI is InChI=1S/C6H11ClN2O3/c1-8(5(7)10)3-4-9(2)6(11)12/h3-4H2,1-2H3,(H,11,12). The molecule has 1 N–H and O–H groups in total. The maximum Gasteiger partial charge on any atom is 0.407 e. The predicted octanol–water partition coefficient (Wildman–Crippen LogP) is 0.887. The molecule has 0 aromatic rings. The van der Waals surface area contributed by atoms with Crippen molar-refractivity contribution in [3.05, 3.63) is 0 Å². The van der Waals surface area contributed by atoms with Crippen molar-refractivity contribution in [1.29, 1.82) is 0 Å². The molecule has 2 amide bonds. The molecule has 5 nitrogen and oxygen atoms in total. The summed E-state index contributed by atoms with van der Waals surface area (Å²) in [5, 5.41) is 7.83. The van der Waals surface area contributed by atoms with Gasteiger partial charge in [-0.25, -0.2) is 4.79 Å². The fourth-order valence-electron chi connectivity index (χ4n) is 0.484. The average molecular weight is 195 g/mol. The summed E-state index contributed by atoms with van der Waals surface area (Å²) >= 11 is 5.11. The van der Waals surface area contributed by atoms with E-state index in [4.69, 9.17) is 16.7 Å². The van der Waals surface area contributed by atoms with Crippen LogP contribution in [0.25, 0.3) is 0 Å². The summed E-state index contributed by atoms with van der Waals surface area (Å²) in [5.74, 6) is 0. The molecule has 0 aromatic carbocycles. The highest BCUT2D eigenvalue weighted by Gasteiger charge is 2.08. The van der Waals surface area contributed by atoms with Gasteiger partial charge in [0.15, 0.2) is 0 Å². The quantitative estimate of drug-likeness (QED) is 0.536. The van der Waals surface area contributed by atoms with E-state index in [9.17, 15) is 9.59 Å². The van der Waals surface area contributed by atoms with E-state index in [0.717, 1.165) is 4.90 Å². The third-order valence-corrected chi connectivity index (χ3v) is 1.69. The van der Waals surface area contributed by atoms with E-state index in [1.807, 2.05) is 0 Å². The first-order valence-electron chi connectivity index (χ1n) is 3.29. The molecule has 0 aliphatic carbocycles. The molecular weight excluding hydrogens is 184 g/mol. The van der Waals surface area contributed by atoms with E-state index in [1.165, 1.54) is 19.0 Å². The van der Waals surface area contributed by atoms with Gasteiger partial charge in [0.2, 0.25) is 0 Å². The van der Waals surface area contributed by atoms with Gasteiger partial charge < -0.3 is 14.9 Å². The topological polar surface area (TPSA) is 60.9 Å². The zero-order chi connectivity index (χ0) is 9.72. The van der Waals surface area contributed by atoms with Gasteiger partial charge >= 0.3 is 11.5 Å². The summed E-state index contributed by atoms with van der Waals surface area (Å²) in [5.41, 5.74) is 0. The first-order valence-corrected chi connectivity index (χ1v) is 3.67. The van der Waals surface area contributed by atoms with E-state index < -0.39 is 11.5 Å². The lowest BCUT2D eigenvalue weighted by Gasteiger charge is -2.17. The summed E-state index contributed by atoms with van der Waals surface area (Å²) in [6.45, 7) is 0.551. The van der Waals surface area contributed by atoms with Gasteiger partial charge in [-0.2, -0.15) is 0 Å². The van der Waals surface area contributed by atoms with Crippen molar-refractivity contribution >= 4 is 23.1 Å². The number of hydrogen-bond donors (Lipinski definition) is 1. The minimum absolute atomic E-state index is 0.254. The molecule has 12 heavy (non-hydrogen) atoms. The number of carbonyl (C=O) groups excluding carboxylic acids is 1. The fourth-order valence-corrected chi connectivity index (χ4v) is 0.568. The molecule has 0 heterocycles. The first kappa shape index (κ1) is 11.0. The summed E-state index contributed by atoms with van der Waals surface area (Å²) < 4.78 is 0. The van der Waals surface area contributed by atoms with Gasteiger partial charge in [-0.05, 0) is 11.6 Å². The average Bonchev–Trinajstić information content (AvgIpc) is 1.98. The molecule has 6 heteroatoms. The largest absolute Gasteiger partial charge is 0.465 e. The second-order valence-electron chi connectivity index (χ2n) is 2.38. The third-order valence-electron chi connectivity index (χ3n) is 1.40. The van der Waals surface area contributed by atoms with Crippen LogP contribution in [0.2, 0.25) is 0 Å². The Bertz CT molecular complexity index is 166. The zero-order valence-corrected chi connectivity index (χ0v) is 7.71. The Morgan fingerprint density at radius 1 is 1.25 bits per heavy atom.